The maximum Gasteiger partial charge on any atom is 0.411 e. The number of hydrogen-bond acceptors (Lipinski definition) is 3. The first kappa shape index (κ1) is 15.7. The maximum atomic E-state index is 11.9. The summed E-state index contributed by atoms with van der Waals surface area (Å²) in [5.74, 6) is 0.624. The molecule has 0 atom stereocenters. The molecule has 0 radical (unpaired) electrons. The molecule has 18 heavy (non-hydrogen) atoms. The normalized spacial score (nSPS) is 17.8. The standard InChI is InChI=1S/C12H22F3NO2/c13-12(14,15)10-18-8-6-16(5-7-17)9-11-3-1-2-4-11/h11,17H,1-10H2. The average Bonchev–Trinajstić information content (AvgIpc) is 2.76. The van der Waals surface area contributed by atoms with Gasteiger partial charge in [-0.05, 0) is 18.8 Å². The summed E-state index contributed by atoms with van der Waals surface area (Å²) in [7, 11) is 0. The van der Waals surface area contributed by atoms with Crippen molar-refractivity contribution in [3.63, 3.8) is 0 Å². The Morgan fingerprint density at radius 1 is 1.17 bits per heavy atom. The van der Waals surface area contributed by atoms with Crippen LogP contribution in [0.4, 0.5) is 13.2 Å². The van der Waals surface area contributed by atoms with E-state index in [2.05, 4.69) is 4.74 Å². The second-order valence-corrected chi connectivity index (χ2v) is 4.84. The highest BCUT2D eigenvalue weighted by molar-refractivity contribution is 4.71. The van der Waals surface area contributed by atoms with E-state index >= 15 is 0 Å². The third-order valence-corrected chi connectivity index (χ3v) is 3.22. The number of nitrogens with zero attached hydrogens (tertiary/aromatic N) is 1. The van der Waals surface area contributed by atoms with Gasteiger partial charge in [-0.1, -0.05) is 12.8 Å². The number of hydrogen-bond donors (Lipinski definition) is 1. The summed E-state index contributed by atoms with van der Waals surface area (Å²) < 4.78 is 40.2. The van der Waals surface area contributed by atoms with Crippen molar-refractivity contribution in [2.45, 2.75) is 31.9 Å². The Morgan fingerprint density at radius 2 is 1.83 bits per heavy atom. The van der Waals surface area contributed by atoms with Gasteiger partial charge in [0.05, 0.1) is 13.2 Å². The fourth-order valence-electron chi connectivity index (χ4n) is 2.38. The van der Waals surface area contributed by atoms with Gasteiger partial charge in [-0.25, -0.2) is 0 Å². The molecule has 3 nitrogen and oxygen atoms in total. The summed E-state index contributed by atoms with van der Waals surface area (Å²) in [6, 6.07) is 0. The number of halogens is 3. The lowest BCUT2D eigenvalue weighted by Gasteiger charge is -2.24. The lowest BCUT2D eigenvalue weighted by Crippen LogP contribution is -2.35. The lowest BCUT2D eigenvalue weighted by molar-refractivity contribution is -0.174. The van der Waals surface area contributed by atoms with Crippen molar-refractivity contribution in [3.05, 3.63) is 0 Å². The summed E-state index contributed by atoms with van der Waals surface area (Å²) in [6.07, 6.45) is 0.592. The van der Waals surface area contributed by atoms with Gasteiger partial charge >= 0.3 is 6.18 Å². The zero-order chi connectivity index (χ0) is 13.4. The van der Waals surface area contributed by atoms with Gasteiger partial charge in [-0.2, -0.15) is 13.2 Å². The first-order valence-electron chi connectivity index (χ1n) is 6.49. The van der Waals surface area contributed by atoms with Gasteiger partial charge in [0.25, 0.3) is 0 Å². The van der Waals surface area contributed by atoms with Gasteiger partial charge in [0, 0.05) is 19.6 Å². The first-order valence-corrected chi connectivity index (χ1v) is 6.49. The molecule has 0 unspecified atom stereocenters. The molecule has 1 aliphatic carbocycles. The second kappa shape index (κ2) is 7.96. The van der Waals surface area contributed by atoms with E-state index < -0.39 is 12.8 Å². The topological polar surface area (TPSA) is 32.7 Å². The van der Waals surface area contributed by atoms with Crippen LogP contribution in [0.15, 0.2) is 0 Å². The highest BCUT2D eigenvalue weighted by Gasteiger charge is 2.27. The van der Waals surface area contributed by atoms with Gasteiger partial charge in [-0.15, -0.1) is 0 Å². The van der Waals surface area contributed by atoms with Crippen LogP contribution >= 0.6 is 0 Å². The monoisotopic (exact) mass is 269 g/mol. The quantitative estimate of drug-likeness (QED) is 0.685. The molecular formula is C12H22F3NO2. The molecule has 0 spiro atoms. The van der Waals surface area contributed by atoms with E-state index in [0.717, 1.165) is 6.54 Å². The van der Waals surface area contributed by atoms with Crippen molar-refractivity contribution in [2.75, 3.05) is 39.5 Å². The van der Waals surface area contributed by atoms with Crippen molar-refractivity contribution < 1.29 is 23.0 Å². The third kappa shape index (κ3) is 7.18. The molecule has 0 heterocycles. The van der Waals surface area contributed by atoms with Crippen LogP contribution in [0.25, 0.3) is 0 Å². The SMILES string of the molecule is OCCN(CCOCC(F)(F)F)CC1CCCC1. The van der Waals surface area contributed by atoms with Crippen molar-refractivity contribution in [3.8, 4) is 0 Å². The Morgan fingerprint density at radius 3 is 2.39 bits per heavy atom. The third-order valence-electron chi connectivity index (χ3n) is 3.22. The Hall–Kier alpha value is -0.330. The van der Waals surface area contributed by atoms with E-state index in [0.29, 0.717) is 19.0 Å². The fourth-order valence-corrected chi connectivity index (χ4v) is 2.38. The van der Waals surface area contributed by atoms with Crippen molar-refractivity contribution in [1.29, 1.82) is 0 Å². The van der Waals surface area contributed by atoms with Crippen molar-refractivity contribution in [1.82, 2.24) is 4.90 Å². The zero-order valence-corrected chi connectivity index (χ0v) is 10.6. The highest BCUT2D eigenvalue weighted by atomic mass is 19.4. The summed E-state index contributed by atoms with van der Waals surface area (Å²) in [5, 5.41) is 8.93. The van der Waals surface area contributed by atoms with E-state index in [1.54, 1.807) is 0 Å². The summed E-state index contributed by atoms with van der Waals surface area (Å²) in [5.41, 5.74) is 0. The molecule has 1 aliphatic rings. The minimum atomic E-state index is -4.26. The van der Waals surface area contributed by atoms with Crippen LogP contribution in [0.5, 0.6) is 0 Å². The van der Waals surface area contributed by atoms with Crippen LogP contribution in [0, 0.1) is 5.92 Å². The van der Waals surface area contributed by atoms with Gasteiger partial charge in [0.2, 0.25) is 0 Å². The number of ether oxygens (including phenoxy) is 1. The fraction of sp³-hybridized carbons (Fsp3) is 1.00. The van der Waals surface area contributed by atoms with E-state index in [1.165, 1.54) is 25.7 Å². The summed E-state index contributed by atoms with van der Waals surface area (Å²) >= 11 is 0. The number of alkyl halides is 3. The van der Waals surface area contributed by atoms with Crippen LogP contribution < -0.4 is 0 Å². The second-order valence-electron chi connectivity index (χ2n) is 4.84. The van der Waals surface area contributed by atoms with Crippen LogP contribution in [0.3, 0.4) is 0 Å². The molecule has 0 aromatic heterocycles. The van der Waals surface area contributed by atoms with Gasteiger partial charge in [0.15, 0.2) is 0 Å². The Balaban J connectivity index is 2.16. The first-order chi connectivity index (χ1) is 8.51. The minimum Gasteiger partial charge on any atom is -0.395 e. The zero-order valence-electron chi connectivity index (χ0n) is 10.6. The van der Waals surface area contributed by atoms with Crippen molar-refractivity contribution in [2.24, 2.45) is 5.92 Å². The molecule has 6 heteroatoms. The number of rotatable bonds is 8. The molecule has 0 bridgehead atoms. The molecular weight excluding hydrogens is 247 g/mol. The van der Waals surface area contributed by atoms with E-state index in [4.69, 9.17) is 5.11 Å². The lowest BCUT2D eigenvalue weighted by atomic mass is 10.1. The molecule has 0 aromatic rings. The molecule has 1 N–H and O–H groups in total. The predicted molar refractivity (Wildman–Crippen MR) is 62.4 cm³/mol. The summed E-state index contributed by atoms with van der Waals surface area (Å²) in [6.45, 7) is 0.719. The average molecular weight is 269 g/mol. The molecule has 0 aliphatic heterocycles. The van der Waals surface area contributed by atoms with E-state index in [1.807, 2.05) is 4.90 Å². The smallest absolute Gasteiger partial charge is 0.395 e. The Kier molecular flexibility index (Phi) is 6.96. The largest absolute Gasteiger partial charge is 0.411 e. The molecule has 1 fully saturated rings. The van der Waals surface area contributed by atoms with E-state index in [9.17, 15) is 13.2 Å². The highest BCUT2D eigenvalue weighted by Crippen LogP contribution is 2.25. The van der Waals surface area contributed by atoms with Gasteiger partial charge < -0.3 is 9.84 Å². The molecule has 0 amide bonds. The minimum absolute atomic E-state index is 0.0337. The molecule has 0 aromatic carbocycles. The molecule has 1 saturated carbocycles. The van der Waals surface area contributed by atoms with Crippen LogP contribution in [0.1, 0.15) is 25.7 Å². The van der Waals surface area contributed by atoms with Gasteiger partial charge in [0.1, 0.15) is 6.61 Å². The Labute approximate surface area is 106 Å². The number of aliphatic hydroxyl groups is 1. The maximum absolute atomic E-state index is 11.9. The van der Waals surface area contributed by atoms with Crippen LogP contribution in [0.2, 0.25) is 0 Å². The molecule has 1 rings (SSSR count). The number of aliphatic hydroxyl groups excluding tert-OH is 1. The van der Waals surface area contributed by atoms with Crippen molar-refractivity contribution >= 4 is 0 Å². The summed E-state index contributed by atoms with van der Waals surface area (Å²) in [4.78, 5) is 1.99. The van der Waals surface area contributed by atoms with E-state index in [-0.39, 0.29) is 13.2 Å². The molecule has 108 valence electrons. The molecule has 0 saturated heterocycles. The Bertz CT molecular complexity index is 218. The predicted octanol–water partition coefficient (Wildman–Crippen LogP) is 2.05. The van der Waals surface area contributed by atoms with Crippen LogP contribution in [-0.4, -0.2) is 55.6 Å². The van der Waals surface area contributed by atoms with Gasteiger partial charge in [-0.3, -0.25) is 4.90 Å². The van der Waals surface area contributed by atoms with Crippen LogP contribution in [-0.2, 0) is 4.74 Å².